The second kappa shape index (κ2) is 7.64. The first kappa shape index (κ1) is 18.2. The second-order valence-corrected chi connectivity index (χ2v) is 5.50. The van der Waals surface area contributed by atoms with Gasteiger partial charge in [0.25, 0.3) is 12.0 Å². The first-order valence-electron chi connectivity index (χ1n) is 8.03. The number of hydrogen-bond donors (Lipinski definition) is 0. The second-order valence-electron chi connectivity index (χ2n) is 5.50. The Morgan fingerprint density at radius 3 is 2.42 bits per heavy atom. The molecule has 0 N–H and O–H groups in total. The summed E-state index contributed by atoms with van der Waals surface area (Å²) in [6.45, 7) is 3.56. The molecule has 2 rings (SSSR count). The Balaban J connectivity index is 2.43. The highest BCUT2D eigenvalue weighted by atomic mass is 19.3. The van der Waals surface area contributed by atoms with E-state index in [1.165, 1.54) is 0 Å². The minimum absolute atomic E-state index is 0.0234. The van der Waals surface area contributed by atoms with Gasteiger partial charge in [0.05, 0.1) is 13.7 Å². The summed E-state index contributed by atoms with van der Waals surface area (Å²) >= 11 is 0. The van der Waals surface area contributed by atoms with Crippen LogP contribution in [0.25, 0.3) is 5.76 Å². The molecule has 4 nitrogen and oxygen atoms in total. The molecule has 1 atom stereocenters. The molecule has 0 radical (unpaired) electrons. The number of rotatable bonds is 8. The standard InChI is InChI=1S/C18H22F2O4/c1-4-6-7-14-15(12-8-10-13(22-3)11-9-12)24-18(14,16(19)20)17(21)23-5-2/h8-11,16H,4-7H2,1-3H3/t18-/m0/s1. The van der Waals surface area contributed by atoms with Crippen LogP contribution in [0.4, 0.5) is 8.78 Å². The van der Waals surface area contributed by atoms with Crippen molar-refractivity contribution in [1.82, 2.24) is 0 Å². The zero-order chi connectivity index (χ0) is 17.7. The average molecular weight is 340 g/mol. The van der Waals surface area contributed by atoms with Gasteiger partial charge in [0, 0.05) is 11.1 Å². The molecule has 0 amide bonds. The normalized spacial score (nSPS) is 19.8. The van der Waals surface area contributed by atoms with Crippen LogP contribution in [-0.4, -0.2) is 31.7 Å². The molecule has 1 heterocycles. The smallest absolute Gasteiger partial charge is 0.361 e. The SMILES string of the molecule is CCCCC1=C(c2ccc(OC)cc2)O[C@]1(C(=O)OCC)C(F)F. The van der Waals surface area contributed by atoms with Crippen molar-refractivity contribution >= 4 is 11.7 Å². The van der Waals surface area contributed by atoms with Crippen LogP contribution in [0.15, 0.2) is 29.8 Å². The maximum absolute atomic E-state index is 13.7. The number of hydrogen-bond acceptors (Lipinski definition) is 4. The van der Waals surface area contributed by atoms with E-state index < -0.39 is 18.0 Å². The van der Waals surface area contributed by atoms with Crippen molar-refractivity contribution in [3.63, 3.8) is 0 Å². The maximum Gasteiger partial charge on any atom is 0.361 e. The van der Waals surface area contributed by atoms with Crippen molar-refractivity contribution < 1.29 is 27.8 Å². The van der Waals surface area contributed by atoms with Gasteiger partial charge in [-0.1, -0.05) is 13.3 Å². The van der Waals surface area contributed by atoms with Crippen molar-refractivity contribution in [1.29, 1.82) is 0 Å². The van der Waals surface area contributed by atoms with E-state index in [0.29, 0.717) is 35.5 Å². The number of carbonyl (C=O) groups excluding carboxylic acids is 1. The zero-order valence-corrected chi connectivity index (χ0v) is 14.1. The summed E-state index contributed by atoms with van der Waals surface area (Å²) in [5, 5.41) is 0. The summed E-state index contributed by atoms with van der Waals surface area (Å²) in [6, 6.07) is 6.88. The summed E-state index contributed by atoms with van der Waals surface area (Å²) in [7, 11) is 1.55. The molecule has 24 heavy (non-hydrogen) atoms. The average Bonchev–Trinajstić information content (AvgIpc) is 2.55. The number of alkyl halides is 2. The molecule has 0 saturated heterocycles. The van der Waals surface area contributed by atoms with Gasteiger partial charge in [0.15, 0.2) is 0 Å². The number of ether oxygens (including phenoxy) is 3. The third-order valence-corrected chi connectivity index (χ3v) is 4.00. The Kier molecular flexibility index (Phi) is 5.80. The lowest BCUT2D eigenvalue weighted by Crippen LogP contribution is -2.56. The number of halogens is 2. The van der Waals surface area contributed by atoms with Crippen molar-refractivity contribution in [2.45, 2.75) is 45.1 Å². The quantitative estimate of drug-likeness (QED) is 0.666. The molecular formula is C18H22F2O4. The monoisotopic (exact) mass is 340 g/mol. The van der Waals surface area contributed by atoms with Gasteiger partial charge in [0.2, 0.25) is 0 Å². The van der Waals surface area contributed by atoms with Crippen LogP contribution < -0.4 is 4.74 Å². The van der Waals surface area contributed by atoms with Gasteiger partial charge in [-0.15, -0.1) is 0 Å². The van der Waals surface area contributed by atoms with Gasteiger partial charge >= 0.3 is 5.97 Å². The Hall–Kier alpha value is -2.11. The van der Waals surface area contributed by atoms with E-state index in [1.807, 2.05) is 6.92 Å². The van der Waals surface area contributed by atoms with E-state index in [1.54, 1.807) is 38.3 Å². The van der Waals surface area contributed by atoms with Crippen LogP contribution >= 0.6 is 0 Å². The van der Waals surface area contributed by atoms with Gasteiger partial charge in [0.1, 0.15) is 11.5 Å². The van der Waals surface area contributed by atoms with Crippen LogP contribution in [0, 0.1) is 0 Å². The van der Waals surface area contributed by atoms with Crippen molar-refractivity contribution in [3.8, 4) is 5.75 Å². The van der Waals surface area contributed by atoms with Crippen LogP contribution in [0.1, 0.15) is 38.7 Å². The lowest BCUT2D eigenvalue weighted by molar-refractivity contribution is -0.181. The summed E-state index contributed by atoms with van der Waals surface area (Å²) in [5.41, 5.74) is -1.33. The fraction of sp³-hybridized carbons (Fsp3) is 0.500. The number of carbonyl (C=O) groups is 1. The Bertz CT molecular complexity index is 610. The van der Waals surface area contributed by atoms with E-state index >= 15 is 0 Å². The molecule has 1 aromatic carbocycles. The number of methoxy groups -OCH3 is 1. The third kappa shape index (κ3) is 3.09. The fourth-order valence-electron chi connectivity index (χ4n) is 2.70. The highest BCUT2D eigenvalue weighted by Crippen LogP contribution is 2.49. The number of benzene rings is 1. The molecule has 0 spiro atoms. The van der Waals surface area contributed by atoms with Crippen LogP contribution in [0.3, 0.4) is 0 Å². The van der Waals surface area contributed by atoms with Gasteiger partial charge < -0.3 is 14.2 Å². The van der Waals surface area contributed by atoms with Crippen molar-refractivity contribution in [2.75, 3.05) is 13.7 Å². The minimum atomic E-state index is -2.98. The zero-order valence-electron chi connectivity index (χ0n) is 14.1. The highest BCUT2D eigenvalue weighted by Gasteiger charge is 2.62. The van der Waals surface area contributed by atoms with E-state index in [-0.39, 0.29) is 6.61 Å². The molecule has 0 bridgehead atoms. The number of unbranched alkanes of at least 4 members (excludes halogenated alkanes) is 1. The van der Waals surface area contributed by atoms with Gasteiger partial charge in [-0.3, -0.25) is 0 Å². The Labute approximate surface area is 140 Å². The lowest BCUT2D eigenvalue weighted by atomic mass is 9.82. The molecule has 132 valence electrons. The topological polar surface area (TPSA) is 44.8 Å². The Morgan fingerprint density at radius 1 is 1.25 bits per heavy atom. The molecule has 6 heteroatoms. The number of esters is 1. The molecule has 0 saturated carbocycles. The Morgan fingerprint density at radius 2 is 1.92 bits per heavy atom. The van der Waals surface area contributed by atoms with Crippen molar-refractivity contribution in [3.05, 3.63) is 35.4 Å². The van der Waals surface area contributed by atoms with Crippen LogP contribution in [-0.2, 0) is 14.3 Å². The molecule has 0 fully saturated rings. The van der Waals surface area contributed by atoms with Crippen molar-refractivity contribution in [2.24, 2.45) is 0 Å². The minimum Gasteiger partial charge on any atom is -0.497 e. The van der Waals surface area contributed by atoms with E-state index in [4.69, 9.17) is 14.2 Å². The van der Waals surface area contributed by atoms with Crippen LogP contribution in [0.2, 0.25) is 0 Å². The molecular weight excluding hydrogens is 318 g/mol. The molecule has 0 aliphatic carbocycles. The molecule has 1 aromatic rings. The highest BCUT2D eigenvalue weighted by molar-refractivity contribution is 5.93. The molecule has 1 aliphatic heterocycles. The third-order valence-electron chi connectivity index (χ3n) is 4.00. The molecule has 0 unspecified atom stereocenters. The van der Waals surface area contributed by atoms with Gasteiger partial charge in [-0.05, 0) is 44.0 Å². The summed E-state index contributed by atoms with van der Waals surface area (Å²) in [4.78, 5) is 12.2. The first-order valence-corrected chi connectivity index (χ1v) is 8.03. The van der Waals surface area contributed by atoms with E-state index in [0.717, 1.165) is 6.42 Å². The largest absolute Gasteiger partial charge is 0.497 e. The first-order chi connectivity index (χ1) is 11.5. The fourth-order valence-corrected chi connectivity index (χ4v) is 2.70. The molecule has 0 aromatic heterocycles. The van der Waals surface area contributed by atoms with Gasteiger partial charge in [-0.25, -0.2) is 13.6 Å². The van der Waals surface area contributed by atoms with Crippen LogP contribution in [0.5, 0.6) is 5.75 Å². The predicted octanol–water partition coefficient (Wildman–Crippen LogP) is 4.19. The van der Waals surface area contributed by atoms with E-state index in [2.05, 4.69) is 0 Å². The molecule has 1 aliphatic rings. The predicted molar refractivity (Wildman–Crippen MR) is 85.9 cm³/mol. The summed E-state index contributed by atoms with van der Waals surface area (Å²) in [6.07, 6.45) is -1.11. The lowest BCUT2D eigenvalue weighted by Gasteiger charge is -2.43. The summed E-state index contributed by atoms with van der Waals surface area (Å²) < 4.78 is 42.7. The van der Waals surface area contributed by atoms with Gasteiger partial charge in [-0.2, -0.15) is 0 Å². The van der Waals surface area contributed by atoms with E-state index in [9.17, 15) is 13.6 Å². The maximum atomic E-state index is 13.7. The summed E-state index contributed by atoms with van der Waals surface area (Å²) in [5.74, 6) is -0.0397.